The van der Waals surface area contributed by atoms with Crippen LogP contribution in [0.5, 0.6) is 0 Å². The minimum absolute atomic E-state index is 0.0333. The number of anilines is 5. The van der Waals surface area contributed by atoms with E-state index < -0.39 is 0 Å². The summed E-state index contributed by atoms with van der Waals surface area (Å²) in [4.78, 5) is 7.80. The molecule has 9 aromatic rings. The van der Waals surface area contributed by atoms with Gasteiger partial charge in [-0.25, -0.2) is 0 Å². The fourth-order valence-corrected chi connectivity index (χ4v) is 10.7. The molecule has 0 amide bonds. The molecule has 5 heteroatoms. The number of hydrogen-bond donors (Lipinski definition) is 0. The first-order valence-corrected chi connectivity index (χ1v) is 20.6. The van der Waals surface area contributed by atoms with Gasteiger partial charge in [-0.2, -0.15) is 0 Å². The molecule has 57 heavy (non-hydrogen) atoms. The van der Waals surface area contributed by atoms with Crippen LogP contribution < -0.4 is 20.6 Å². The van der Waals surface area contributed by atoms with Crippen LogP contribution in [0.25, 0.3) is 55.3 Å². The van der Waals surface area contributed by atoms with E-state index in [4.69, 9.17) is 4.42 Å². The van der Waals surface area contributed by atoms with Gasteiger partial charge in [0, 0.05) is 37.7 Å². The van der Waals surface area contributed by atoms with Crippen LogP contribution in [-0.4, -0.2) is 6.85 Å². The van der Waals surface area contributed by atoms with Gasteiger partial charge in [0.25, 0.3) is 0 Å². The van der Waals surface area contributed by atoms with E-state index in [1.54, 1.807) is 0 Å². The third-order valence-corrected chi connectivity index (χ3v) is 13.3. The second-order valence-corrected chi connectivity index (χ2v) is 17.6. The smallest absolute Gasteiger partial charge is 0.333 e. The van der Waals surface area contributed by atoms with Gasteiger partial charge in [0.1, 0.15) is 11.2 Å². The average Bonchev–Trinajstić information content (AvgIpc) is 3.64. The van der Waals surface area contributed by atoms with Gasteiger partial charge < -0.3 is 14.1 Å². The lowest BCUT2D eigenvalue weighted by atomic mass is 9.43. The normalized spacial score (nSPS) is 13.7. The molecule has 8 aromatic carbocycles. The molecule has 3 nitrogen and oxygen atoms in total. The predicted octanol–water partition coefficient (Wildman–Crippen LogP) is 13.4. The van der Waals surface area contributed by atoms with Crippen molar-refractivity contribution in [1.82, 2.24) is 0 Å². The Morgan fingerprint density at radius 3 is 2.07 bits per heavy atom. The van der Waals surface area contributed by atoms with Gasteiger partial charge in [-0.15, -0.1) is 0 Å². The van der Waals surface area contributed by atoms with Crippen molar-refractivity contribution in [3.05, 3.63) is 175 Å². The minimum atomic E-state index is -0.0890. The van der Waals surface area contributed by atoms with Gasteiger partial charge in [0.05, 0.1) is 22.4 Å². The minimum Gasteiger partial charge on any atom is -0.456 e. The Kier molecular flexibility index (Phi) is 6.92. The maximum absolute atomic E-state index is 6.72. The highest BCUT2D eigenvalue weighted by molar-refractivity contribution is 7.99. The van der Waals surface area contributed by atoms with Crippen LogP contribution in [0.3, 0.4) is 0 Å². The van der Waals surface area contributed by atoms with Crippen LogP contribution in [-0.2, 0) is 5.41 Å². The standard InChI is InChI=1S/C52H37BN2OS/c1-52(2,3)35-25-27-41(38(31-35)33-17-8-5-9-18-33)54-43-30-34(32-15-6-4-7-16-32)29-39-36-20-14-24-47-50(36)55(42-21-11-13-23-46(42)57-47)53(49(39)43)40-26-28-45-48(51(40)54)37-19-10-12-22-44(37)56-45/h4-31H,1-3H3. The van der Waals surface area contributed by atoms with Crippen molar-refractivity contribution in [3.8, 4) is 33.4 Å². The molecule has 1 aromatic heterocycles. The highest BCUT2D eigenvalue weighted by atomic mass is 32.2. The van der Waals surface area contributed by atoms with E-state index in [0.717, 1.165) is 27.6 Å². The number of para-hydroxylation sites is 3. The topological polar surface area (TPSA) is 19.6 Å². The zero-order chi connectivity index (χ0) is 38.0. The number of rotatable bonds is 3. The molecule has 0 saturated heterocycles. The number of hydrogen-bond acceptors (Lipinski definition) is 4. The highest BCUT2D eigenvalue weighted by Crippen LogP contribution is 2.57. The monoisotopic (exact) mass is 748 g/mol. The molecule has 0 radical (unpaired) electrons. The lowest BCUT2D eigenvalue weighted by molar-refractivity contribution is 0.590. The zero-order valence-electron chi connectivity index (χ0n) is 32.0. The fraction of sp³-hybridized carbons (Fsp3) is 0.0769. The summed E-state index contributed by atoms with van der Waals surface area (Å²) in [6.45, 7) is 6.82. The van der Waals surface area contributed by atoms with Gasteiger partial charge in [0.15, 0.2) is 0 Å². The van der Waals surface area contributed by atoms with Gasteiger partial charge in [-0.05, 0) is 98.8 Å². The maximum atomic E-state index is 6.72. The first kappa shape index (κ1) is 32.8. The fourth-order valence-electron chi connectivity index (χ4n) is 9.57. The molecular formula is C52H37BN2OS. The van der Waals surface area contributed by atoms with Gasteiger partial charge >= 0.3 is 6.85 Å². The summed E-state index contributed by atoms with van der Waals surface area (Å²) in [6, 6.07) is 62.8. The molecule has 0 bridgehead atoms. The van der Waals surface area contributed by atoms with Crippen LogP contribution in [0.15, 0.2) is 184 Å². The predicted molar refractivity (Wildman–Crippen MR) is 241 cm³/mol. The van der Waals surface area contributed by atoms with E-state index in [1.807, 2.05) is 11.8 Å². The molecule has 0 aliphatic carbocycles. The summed E-state index contributed by atoms with van der Waals surface area (Å²) in [7, 11) is 0. The Labute approximate surface area is 337 Å². The maximum Gasteiger partial charge on any atom is 0.333 e. The van der Waals surface area contributed by atoms with Crippen LogP contribution in [0.4, 0.5) is 28.4 Å². The van der Waals surface area contributed by atoms with E-state index in [-0.39, 0.29) is 12.3 Å². The Morgan fingerprint density at radius 2 is 1.25 bits per heavy atom. The van der Waals surface area contributed by atoms with Crippen LogP contribution >= 0.6 is 11.8 Å². The second kappa shape index (κ2) is 12.0. The first-order valence-electron chi connectivity index (χ1n) is 19.8. The van der Waals surface area contributed by atoms with E-state index in [9.17, 15) is 0 Å². The second-order valence-electron chi connectivity index (χ2n) is 16.5. The SMILES string of the molecule is CC(C)(C)c1ccc(N2c3cc(-c4ccccc4)cc4c3B(c3ccc5oc6ccccc6c5c32)N2c3ccccc3Sc3cccc-4c32)c(-c2ccccc2)c1. The highest BCUT2D eigenvalue weighted by Gasteiger charge is 2.48. The quantitative estimate of drug-likeness (QED) is 0.168. The molecule has 12 rings (SSSR count). The summed E-state index contributed by atoms with van der Waals surface area (Å²) in [6.07, 6.45) is 0. The number of furan rings is 1. The number of benzene rings is 8. The summed E-state index contributed by atoms with van der Waals surface area (Å²) >= 11 is 1.88. The molecule has 270 valence electrons. The first-order chi connectivity index (χ1) is 27.9. The molecule has 3 aliphatic rings. The summed E-state index contributed by atoms with van der Waals surface area (Å²) < 4.78 is 6.72. The van der Waals surface area contributed by atoms with Crippen molar-refractivity contribution >= 4 is 79.9 Å². The van der Waals surface area contributed by atoms with Gasteiger partial charge in [-0.3, -0.25) is 0 Å². The van der Waals surface area contributed by atoms with Crippen molar-refractivity contribution in [2.45, 2.75) is 36.0 Å². The number of nitrogens with zero attached hydrogens (tertiary/aromatic N) is 2. The van der Waals surface area contributed by atoms with Crippen LogP contribution in [0.1, 0.15) is 26.3 Å². The lowest BCUT2D eigenvalue weighted by Crippen LogP contribution is -2.62. The Morgan fingerprint density at radius 1 is 0.509 bits per heavy atom. The Balaban J connectivity index is 1.28. The molecule has 0 unspecified atom stereocenters. The van der Waals surface area contributed by atoms with E-state index in [1.165, 1.54) is 82.4 Å². The Bertz CT molecular complexity index is 3110. The molecular weight excluding hydrogens is 711 g/mol. The van der Waals surface area contributed by atoms with Crippen molar-refractivity contribution in [3.63, 3.8) is 0 Å². The summed E-state index contributed by atoms with van der Waals surface area (Å²) in [5, 5.41) is 2.26. The van der Waals surface area contributed by atoms with Crippen molar-refractivity contribution < 1.29 is 4.42 Å². The molecule has 3 aliphatic heterocycles. The third-order valence-electron chi connectivity index (χ3n) is 12.2. The third kappa shape index (κ3) is 4.76. The largest absolute Gasteiger partial charge is 0.456 e. The van der Waals surface area contributed by atoms with E-state index >= 15 is 0 Å². The van der Waals surface area contributed by atoms with Crippen molar-refractivity contribution in [1.29, 1.82) is 0 Å². The molecule has 0 fully saturated rings. The zero-order valence-corrected chi connectivity index (χ0v) is 32.8. The van der Waals surface area contributed by atoms with E-state index in [0.29, 0.717) is 0 Å². The molecule has 0 N–H and O–H groups in total. The summed E-state index contributed by atoms with van der Waals surface area (Å²) in [5.74, 6) is 0. The lowest BCUT2D eigenvalue weighted by Gasteiger charge is -2.48. The van der Waals surface area contributed by atoms with E-state index in [2.05, 4.69) is 200 Å². The van der Waals surface area contributed by atoms with Gasteiger partial charge in [0.2, 0.25) is 0 Å². The van der Waals surface area contributed by atoms with Gasteiger partial charge in [-0.1, -0.05) is 148 Å². The average molecular weight is 749 g/mol. The summed E-state index contributed by atoms with van der Waals surface area (Å²) in [5.41, 5.74) is 19.0. The van der Waals surface area contributed by atoms with Crippen molar-refractivity contribution in [2.75, 3.05) is 9.71 Å². The van der Waals surface area contributed by atoms with Crippen LogP contribution in [0, 0.1) is 0 Å². The molecule has 4 heterocycles. The molecule has 0 atom stereocenters. The Hall–Kier alpha value is -6.43. The van der Waals surface area contributed by atoms with Crippen molar-refractivity contribution in [2.24, 2.45) is 0 Å². The molecule has 0 saturated carbocycles. The van der Waals surface area contributed by atoms with Crippen LogP contribution in [0.2, 0.25) is 0 Å². The number of fused-ring (bicyclic) bond motifs is 10. The molecule has 0 spiro atoms.